The number of fused-ring (bicyclic) bond motifs is 1. The van der Waals surface area contributed by atoms with Crippen LogP contribution in [0.1, 0.15) is 31.2 Å². The molecule has 0 bridgehead atoms. The molecule has 2 rings (SSSR count). The number of halogens is 2. The maximum atomic E-state index is 6.07. The first-order valence-electron chi connectivity index (χ1n) is 6.83. The Morgan fingerprint density at radius 1 is 1.32 bits per heavy atom. The predicted molar refractivity (Wildman–Crippen MR) is 81.8 cm³/mol. The van der Waals surface area contributed by atoms with E-state index in [-0.39, 0.29) is 5.54 Å². The zero-order valence-corrected chi connectivity index (χ0v) is 12.8. The lowest BCUT2D eigenvalue weighted by atomic mass is 9.91. The van der Waals surface area contributed by atoms with Gasteiger partial charge in [0.2, 0.25) is 0 Å². The molecule has 0 aromatic heterocycles. The average Bonchev–Trinajstić information content (AvgIpc) is 2.49. The number of hydrogen-bond acceptors (Lipinski definition) is 2. The highest BCUT2D eigenvalue weighted by Gasteiger charge is 2.28. The summed E-state index contributed by atoms with van der Waals surface area (Å²) < 4.78 is 5.68. The SMILES string of the molecule is CCC(CCl)(CCl)NCC1CCOc2ccccc21. The largest absolute Gasteiger partial charge is 0.493 e. The maximum Gasteiger partial charge on any atom is 0.122 e. The number of para-hydroxylation sites is 1. The monoisotopic (exact) mass is 301 g/mol. The van der Waals surface area contributed by atoms with Crippen LogP contribution in [0.25, 0.3) is 0 Å². The Hall–Kier alpha value is -0.440. The van der Waals surface area contributed by atoms with Crippen molar-refractivity contribution in [1.82, 2.24) is 5.32 Å². The van der Waals surface area contributed by atoms with Crippen molar-refractivity contribution < 1.29 is 4.74 Å². The number of hydrogen-bond donors (Lipinski definition) is 1. The van der Waals surface area contributed by atoms with Gasteiger partial charge in [0.1, 0.15) is 5.75 Å². The Balaban J connectivity index is 2.05. The van der Waals surface area contributed by atoms with E-state index in [4.69, 9.17) is 27.9 Å². The zero-order valence-electron chi connectivity index (χ0n) is 11.3. The van der Waals surface area contributed by atoms with Crippen LogP contribution < -0.4 is 10.1 Å². The lowest BCUT2D eigenvalue weighted by molar-refractivity contribution is 0.256. The van der Waals surface area contributed by atoms with Crippen LogP contribution in [0.5, 0.6) is 5.75 Å². The average molecular weight is 302 g/mol. The van der Waals surface area contributed by atoms with Crippen molar-refractivity contribution in [3.8, 4) is 5.75 Å². The number of alkyl halides is 2. The number of rotatable bonds is 6. The Morgan fingerprint density at radius 3 is 2.74 bits per heavy atom. The van der Waals surface area contributed by atoms with E-state index in [0.29, 0.717) is 17.7 Å². The minimum Gasteiger partial charge on any atom is -0.493 e. The van der Waals surface area contributed by atoms with Gasteiger partial charge in [0.05, 0.1) is 6.61 Å². The lowest BCUT2D eigenvalue weighted by Gasteiger charge is -2.33. The second kappa shape index (κ2) is 6.83. The zero-order chi connectivity index (χ0) is 13.7. The van der Waals surface area contributed by atoms with Gasteiger partial charge in [-0.2, -0.15) is 0 Å². The molecular weight excluding hydrogens is 281 g/mol. The molecule has 1 N–H and O–H groups in total. The molecule has 0 radical (unpaired) electrons. The summed E-state index contributed by atoms with van der Waals surface area (Å²) in [7, 11) is 0. The summed E-state index contributed by atoms with van der Waals surface area (Å²) in [4.78, 5) is 0. The molecule has 0 saturated carbocycles. The molecular formula is C15H21Cl2NO. The van der Waals surface area contributed by atoms with Crippen LogP contribution >= 0.6 is 23.2 Å². The summed E-state index contributed by atoms with van der Waals surface area (Å²) in [6.45, 7) is 3.80. The van der Waals surface area contributed by atoms with Crippen molar-refractivity contribution >= 4 is 23.2 Å². The quantitative estimate of drug-likeness (QED) is 0.808. The van der Waals surface area contributed by atoms with Crippen LogP contribution in [-0.2, 0) is 0 Å². The number of benzene rings is 1. The van der Waals surface area contributed by atoms with E-state index in [2.05, 4.69) is 24.4 Å². The molecule has 1 atom stereocenters. The highest BCUT2D eigenvalue weighted by molar-refractivity contribution is 6.22. The van der Waals surface area contributed by atoms with Gasteiger partial charge in [0.25, 0.3) is 0 Å². The normalized spacial score (nSPS) is 18.8. The van der Waals surface area contributed by atoms with Crippen molar-refractivity contribution in [2.45, 2.75) is 31.2 Å². The van der Waals surface area contributed by atoms with Crippen LogP contribution in [0.3, 0.4) is 0 Å². The first kappa shape index (κ1) is 15.0. The predicted octanol–water partition coefficient (Wildman–Crippen LogP) is 3.77. The molecule has 1 heterocycles. The van der Waals surface area contributed by atoms with Crippen molar-refractivity contribution in [3.63, 3.8) is 0 Å². The van der Waals surface area contributed by atoms with Gasteiger partial charge in [-0.1, -0.05) is 25.1 Å². The minimum absolute atomic E-state index is 0.156. The van der Waals surface area contributed by atoms with Gasteiger partial charge in [-0.3, -0.25) is 0 Å². The second-order valence-corrected chi connectivity index (χ2v) is 5.69. The molecule has 1 aliphatic heterocycles. The summed E-state index contributed by atoms with van der Waals surface area (Å²) in [5, 5.41) is 3.57. The van der Waals surface area contributed by atoms with E-state index in [1.54, 1.807) is 0 Å². The fraction of sp³-hybridized carbons (Fsp3) is 0.600. The highest BCUT2D eigenvalue weighted by atomic mass is 35.5. The number of ether oxygens (including phenoxy) is 1. The molecule has 1 unspecified atom stereocenters. The first-order valence-corrected chi connectivity index (χ1v) is 7.90. The maximum absolute atomic E-state index is 6.07. The Bertz CT molecular complexity index is 399. The van der Waals surface area contributed by atoms with E-state index < -0.39 is 0 Å². The molecule has 19 heavy (non-hydrogen) atoms. The molecule has 0 amide bonds. The molecule has 2 nitrogen and oxygen atoms in total. The van der Waals surface area contributed by atoms with Gasteiger partial charge in [-0.05, 0) is 24.5 Å². The summed E-state index contributed by atoms with van der Waals surface area (Å²) in [6.07, 6.45) is 1.97. The van der Waals surface area contributed by atoms with E-state index >= 15 is 0 Å². The van der Waals surface area contributed by atoms with Crippen molar-refractivity contribution in [2.75, 3.05) is 24.9 Å². The Labute approximate surface area is 125 Å². The van der Waals surface area contributed by atoms with Crippen LogP contribution in [0.4, 0.5) is 0 Å². The van der Waals surface area contributed by atoms with Gasteiger partial charge >= 0.3 is 0 Å². The van der Waals surface area contributed by atoms with Crippen LogP contribution in [0, 0.1) is 0 Å². The Morgan fingerprint density at radius 2 is 2.05 bits per heavy atom. The molecule has 1 aliphatic rings. The third kappa shape index (κ3) is 3.36. The molecule has 0 fully saturated rings. The van der Waals surface area contributed by atoms with E-state index in [1.807, 2.05) is 12.1 Å². The first-order chi connectivity index (χ1) is 9.24. The molecule has 0 spiro atoms. The summed E-state index contributed by atoms with van der Waals surface area (Å²) in [6, 6.07) is 8.27. The molecule has 106 valence electrons. The van der Waals surface area contributed by atoms with E-state index in [1.165, 1.54) is 5.56 Å². The fourth-order valence-corrected chi connectivity index (χ4v) is 3.26. The minimum atomic E-state index is -0.156. The third-order valence-electron chi connectivity index (χ3n) is 3.99. The molecule has 0 saturated heterocycles. The van der Waals surface area contributed by atoms with E-state index in [0.717, 1.165) is 31.7 Å². The smallest absolute Gasteiger partial charge is 0.122 e. The van der Waals surface area contributed by atoms with Gasteiger partial charge in [0, 0.05) is 29.8 Å². The molecule has 1 aromatic carbocycles. The summed E-state index contributed by atoms with van der Waals surface area (Å²) in [5.74, 6) is 2.57. The summed E-state index contributed by atoms with van der Waals surface area (Å²) >= 11 is 12.1. The van der Waals surface area contributed by atoms with Crippen molar-refractivity contribution in [3.05, 3.63) is 29.8 Å². The van der Waals surface area contributed by atoms with Gasteiger partial charge in [0.15, 0.2) is 0 Å². The van der Waals surface area contributed by atoms with Crippen molar-refractivity contribution in [2.24, 2.45) is 0 Å². The molecule has 1 aromatic rings. The highest BCUT2D eigenvalue weighted by Crippen LogP contribution is 2.33. The van der Waals surface area contributed by atoms with Crippen molar-refractivity contribution in [1.29, 1.82) is 0 Å². The molecule has 4 heteroatoms. The van der Waals surface area contributed by atoms with Crippen LogP contribution in [0.2, 0.25) is 0 Å². The van der Waals surface area contributed by atoms with E-state index in [9.17, 15) is 0 Å². The third-order valence-corrected chi connectivity index (χ3v) is 5.02. The van der Waals surface area contributed by atoms with Gasteiger partial charge < -0.3 is 10.1 Å². The lowest BCUT2D eigenvalue weighted by Crippen LogP contribution is -2.50. The number of nitrogens with one attached hydrogen (secondary N) is 1. The van der Waals surface area contributed by atoms with Gasteiger partial charge in [-0.15, -0.1) is 23.2 Å². The second-order valence-electron chi connectivity index (χ2n) is 5.15. The fourth-order valence-electron chi connectivity index (χ4n) is 2.41. The van der Waals surface area contributed by atoms with Crippen LogP contribution in [-0.4, -0.2) is 30.5 Å². The standard InChI is InChI=1S/C15H21Cl2NO/c1-2-15(10-16,11-17)18-9-12-7-8-19-14-6-4-3-5-13(12)14/h3-6,12,18H,2,7-11H2,1H3. The van der Waals surface area contributed by atoms with Crippen LogP contribution in [0.15, 0.2) is 24.3 Å². The molecule has 0 aliphatic carbocycles. The van der Waals surface area contributed by atoms with Gasteiger partial charge in [-0.25, -0.2) is 0 Å². The Kier molecular flexibility index (Phi) is 5.37. The topological polar surface area (TPSA) is 21.3 Å². The summed E-state index contributed by atoms with van der Waals surface area (Å²) in [5.41, 5.74) is 1.13.